The molecule has 0 aromatic heterocycles. The van der Waals surface area contributed by atoms with Crippen molar-refractivity contribution in [1.29, 1.82) is 0 Å². The Morgan fingerprint density at radius 2 is 1.67 bits per heavy atom. The van der Waals surface area contributed by atoms with E-state index in [4.69, 9.17) is 9.47 Å². The molecule has 1 aromatic rings. The summed E-state index contributed by atoms with van der Waals surface area (Å²) in [7, 11) is 3.02. The van der Waals surface area contributed by atoms with Gasteiger partial charge < -0.3 is 14.6 Å². The van der Waals surface area contributed by atoms with Gasteiger partial charge in [-0.2, -0.15) is 0 Å². The predicted molar refractivity (Wildman–Crippen MR) is 76.9 cm³/mol. The zero-order valence-electron chi connectivity index (χ0n) is 12.0. The fourth-order valence-electron chi connectivity index (χ4n) is 2.58. The number of methoxy groups -OCH3 is 2. The van der Waals surface area contributed by atoms with Crippen LogP contribution in [0.25, 0.3) is 0 Å². The highest BCUT2D eigenvalue weighted by Gasteiger charge is 2.34. The summed E-state index contributed by atoms with van der Waals surface area (Å²) < 4.78 is 10.3. The highest BCUT2D eigenvalue weighted by Crippen LogP contribution is 2.32. The second-order valence-corrected chi connectivity index (χ2v) is 4.93. The Morgan fingerprint density at radius 3 is 2.24 bits per heavy atom. The van der Waals surface area contributed by atoms with Crippen molar-refractivity contribution < 1.29 is 24.2 Å². The van der Waals surface area contributed by atoms with Gasteiger partial charge in [-0.15, -0.1) is 0 Å². The van der Waals surface area contributed by atoms with E-state index in [-0.39, 0.29) is 5.78 Å². The Morgan fingerprint density at radius 1 is 1.05 bits per heavy atom. The van der Waals surface area contributed by atoms with Gasteiger partial charge in [0.05, 0.1) is 20.1 Å². The number of ether oxygens (including phenoxy) is 2. The minimum Gasteiger partial charge on any atom is -0.493 e. The predicted octanol–water partition coefficient (Wildman–Crippen LogP) is 2.55. The Hall–Kier alpha value is -2.30. The SMILES string of the molecule is COc1ccc(C(=O)[C@@H]2CC=CC[C@@H]2C(=O)O)cc1OC. The lowest BCUT2D eigenvalue weighted by Crippen LogP contribution is -2.31. The van der Waals surface area contributed by atoms with Crippen molar-refractivity contribution in [2.24, 2.45) is 11.8 Å². The number of ketones is 1. The fourth-order valence-corrected chi connectivity index (χ4v) is 2.58. The first-order valence-electron chi connectivity index (χ1n) is 6.72. The first-order valence-corrected chi connectivity index (χ1v) is 6.72. The molecule has 0 unspecified atom stereocenters. The van der Waals surface area contributed by atoms with Crippen LogP contribution in [0.2, 0.25) is 0 Å². The lowest BCUT2D eigenvalue weighted by Gasteiger charge is -2.24. The summed E-state index contributed by atoms with van der Waals surface area (Å²) in [4.78, 5) is 23.9. The molecule has 0 amide bonds. The van der Waals surface area contributed by atoms with Gasteiger partial charge in [0.15, 0.2) is 17.3 Å². The molecule has 5 nitrogen and oxygen atoms in total. The number of rotatable bonds is 5. The van der Waals surface area contributed by atoms with Gasteiger partial charge in [-0.1, -0.05) is 12.2 Å². The fraction of sp³-hybridized carbons (Fsp3) is 0.375. The molecule has 1 aromatic carbocycles. The molecule has 5 heteroatoms. The first kappa shape index (κ1) is 15.1. The zero-order chi connectivity index (χ0) is 15.4. The third kappa shape index (κ3) is 3.07. The van der Waals surface area contributed by atoms with Gasteiger partial charge in [-0.05, 0) is 31.0 Å². The molecule has 0 saturated carbocycles. The maximum absolute atomic E-state index is 12.6. The topological polar surface area (TPSA) is 72.8 Å². The normalized spacial score (nSPS) is 20.9. The van der Waals surface area contributed by atoms with Crippen molar-refractivity contribution in [3.8, 4) is 11.5 Å². The minimum absolute atomic E-state index is 0.173. The van der Waals surface area contributed by atoms with Gasteiger partial charge in [-0.25, -0.2) is 0 Å². The molecule has 0 saturated heterocycles. The maximum atomic E-state index is 12.6. The molecule has 0 fully saturated rings. The molecule has 0 spiro atoms. The van der Waals surface area contributed by atoms with Crippen molar-refractivity contribution in [2.45, 2.75) is 12.8 Å². The molecule has 0 aliphatic heterocycles. The number of carboxylic acids is 1. The molecule has 0 radical (unpaired) electrons. The van der Waals surface area contributed by atoms with Crippen LogP contribution in [-0.4, -0.2) is 31.1 Å². The number of Topliss-reactive ketones (excluding diaryl/α,β-unsaturated/α-hetero) is 1. The highest BCUT2D eigenvalue weighted by molar-refractivity contribution is 6.00. The Balaban J connectivity index is 2.30. The second-order valence-electron chi connectivity index (χ2n) is 4.93. The van der Waals surface area contributed by atoms with Crippen LogP contribution in [0, 0.1) is 11.8 Å². The molecule has 1 aliphatic carbocycles. The quantitative estimate of drug-likeness (QED) is 0.666. The van der Waals surface area contributed by atoms with Gasteiger partial charge >= 0.3 is 5.97 Å². The van der Waals surface area contributed by atoms with E-state index in [1.54, 1.807) is 18.2 Å². The summed E-state index contributed by atoms with van der Waals surface area (Å²) in [5.41, 5.74) is 0.444. The number of carbonyl (C=O) groups excluding carboxylic acids is 1. The number of aliphatic carboxylic acids is 1. The van der Waals surface area contributed by atoms with Crippen molar-refractivity contribution in [2.75, 3.05) is 14.2 Å². The van der Waals surface area contributed by atoms with Gasteiger partial charge in [0.2, 0.25) is 0 Å². The van der Waals surface area contributed by atoms with Crippen molar-refractivity contribution in [1.82, 2.24) is 0 Å². The van der Waals surface area contributed by atoms with Gasteiger partial charge in [-0.3, -0.25) is 9.59 Å². The molecule has 0 heterocycles. The van der Waals surface area contributed by atoms with E-state index in [0.717, 1.165) is 0 Å². The molecule has 1 aliphatic rings. The van der Waals surface area contributed by atoms with Crippen LogP contribution in [-0.2, 0) is 4.79 Å². The lowest BCUT2D eigenvalue weighted by molar-refractivity contribution is -0.143. The molecule has 1 N–H and O–H groups in total. The van der Waals surface area contributed by atoms with Crippen LogP contribution in [0.1, 0.15) is 23.2 Å². The van der Waals surface area contributed by atoms with Crippen LogP contribution < -0.4 is 9.47 Å². The average Bonchev–Trinajstić information content (AvgIpc) is 2.53. The largest absolute Gasteiger partial charge is 0.493 e. The van der Waals surface area contributed by atoms with Crippen molar-refractivity contribution in [3.05, 3.63) is 35.9 Å². The number of allylic oxidation sites excluding steroid dienone is 2. The van der Waals surface area contributed by atoms with Crippen molar-refractivity contribution >= 4 is 11.8 Å². The van der Waals surface area contributed by atoms with Gasteiger partial charge in [0, 0.05) is 11.5 Å². The van der Waals surface area contributed by atoms with E-state index in [1.165, 1.54) is 14.2 Å². The van der Waals surface area contributed by atoms with E-state index in [2.05, 4.69) is 0 Å². The Labute approximate surface area is 123 Å². The van der Waals surface area contributed by atoms with E-state index in [9.17, 15) is 14.7 Å². The second kappa shape index (κ2) is 6.43. The Kier molecular flexibility index (Phi) is 4.62. The summed E-state index contributed by atoms with van der Waals surface area (Å²) >= 11 is 0. The monoisotopic (exact) mass is 290 g/mol. The lowest BCUT2D eigenvalue weighted by atomic mass is 9.78. The van der Waals surface area contributed by atoms with Crippen molar-refractivity contribution in [3.63, 3.8) is 0 Å². The van der Waals surface area contributed by atoms with E-state index in [0.29, 0.717) is 29.9 Å². The molecule has 0 bridgehead atoms. The summed E-state index contributed by atoms with van der Waals surface area (Å²) in [6.45, 7) is 0. The third-order valence-corrected chi connectivity index (χ3v) is 3.75. The summed E-state index contributed by atoms with van der Waals surface area (Å²) in [5.74, 6) is -1.32. The smallest absolute Gasteiger partial charge is 0.307 e. The van der Waals surface area contributed by atoms with Crippen LogP contribution >= 0.6 is 0 Å². The molecular weight excluding hydrogens is 272 g/mol. The first-order chi connectivity index (χ1) is 10.1. The molecule has 2 atom stereocenters. The molecular formula is C16H18O5. The maximum Gasteiger partial charge on any atom is 0.307 e. The summed E-state index contributed by atoms with van der Waals surface area (Å²) in [6, 6.07) is 4.89. The highest BCUT2D eigenvalue weighted by atomic mass is 16.5. The van der Waals surface area contributed by atoms with E-state index >= 15 is 0 Å². The molecule has 112 valence electrons. The van der Waals surface area contributed by atoms with Gasteiger partial charge in [0.1, 0.15) is 0 Å². The number of carboxylic acid groups (broad SMARTS) is 1. The minimum atomic E-state index is -0.932. The van der Waals surface area contributed by atoms with E-state index in [1.807, 2.05) is 12.2 Å². The summed E-state index contributed by atoms with van der Waals surface area (Å²) in [5, 5.41) is 9.26. The average molecular weight is 290 g/mol. The van der Waals surface area contributed by atoms with Crippen LogP contribution in [0.3, 0.4) is 0 Å². The number of hydrogen-bond donors (Lipinski definition) is 1. The Bertz CT molecular complexity index is 576. The number of hydrogen-bond acceptors (Lipinski definition) is 4. The van der Waals surface area contributed by atoms with Crippen LogP contribution in [0.4, 0.5) is 0 Å². The third-order valence-electron chi connectivity index (χ3n) is 3.75. The van der Waals surface area contributed by atoms with Crippen LogP contribution in [0.15, 0.2) is 30.4 Å². The molecule has 21 heavy (non-hydrogen) atoms. The zero-order valence-corrected chi connectivity index (χ0v) is 12.0. The van der Waals surface area contributed by atoms with Gasteiger partial charge in [0.25, 0.3) is 0 Å². The summed E-state index contributed by atoms with van der Waals surface area (Å²) in [6.07, 6.45) is 4.52. The van der Waals surface area contributed by atoms with Crippen LogP contribution in [0.5, 0.6) is 11.5 Å². The van der Waals surface area contributed by atoms with E-state index < -0.39 is 17.8 Å². The standard InChI is InChI=1S/C16H18O5/c1-20-13-8-7-10(9-14(13)21-2)15(17)11-5-3-4-6-12(11)16(18)19/h3-4,7-9,11-12H,5-6H2,1-2H3,(H,18,19)/t11-,12+/m1/s1. The number of carbonyl (C=O) groups is 2. The number of benzene rings is 1. The molecule has 2 rings (SSSR count).